The molecule has 0 spiro atoms. The Labute approximate surface area is 389 Å². The zero-order valence-corrected chi connectivity index (χ0v) is 42.4. The fraction of sp³-hybridized carbons (Fsp3) is 0.842. The average Bonchev–Trinajstić information content (AvgIpc) is 3.26. The zero-order chi connectivity index (χ0) is 46.5. The first-order valence-electron chi connectivity index (χ1n) is 27.6. The van der Waals surface area contributed by atoms with Crippen LogP contribution in [0.3, 0.4) is 0 Å². The lowest BCUT2D eigenvalue weighted by Crippen LogP contribution is -2.27. The van der Waals surface area contributed by atoms with Gasteiger partial charge < -0.3 is 15.3 Å². The first kappa shape index (κ1) is 58.6. The van der Waals surface area contributed by atoms with Crippen molar-refractivity contribution >= 4 is 17.9 Å². The van der Waals surface area contributed by atoms with Crippen LogP contribution in [0.5, 0.6) is 0 Å². The number of rotatable bonds is 45. The van der Waals surface area contributed by atoms with Crippen molar-refractivity contribution in [2.45, 2.75) is 310 Å². The second-order valence-corrected chi connectivity index (χ2v) is 19.7. The first-order valence-corrected chi connectivity index (χ1v) is 27.6. The molecule has 63 heavy (non-hydrogen) atoms. The molecule has 0 aliphatic rings. The van der Waals surface area contributed by atoms with Crippen molar-refractivity contribution in [3.63, 3.8) is 0 Å². The van der Waals surface area contributed by atoms with E-state index in [9.17, 15) is 29.7 Å². The monoisotopic (exact) mass is 883 g/mol. The molecule has 1 rings (SSSR count). The average molecular weight is 883 g/mol. The number of aromatic carboxylic acids is 3. The SMILES string of the molecule is CCCCCCCCC(CCCCCCC)c1c(C(=O)O)c(C(=O)O)c(C(CCCCCCC)CCCCCCCC)c(C(CCCCCCC)CCCCCCCC)c1C(=O)O. The topological polar surface area (TPSA) is 112 Å². The van der Waals surface area contributed by atoms with Gasteiger partial charge in [0.1, 0.15) is 0 Å². The molecule has 0 saturated heterocycles. The Bertz CT molecular complexity index is 1320. The summed E-state index contributed by atoms with van der Waals surface area (Å²) in [4.78, 5) is 42.4. The molecule has 0 aromatic heterocycles. The minimum absolute atomic E-state index is 0.0695. The number of unbranched alkanes of at least 4 members (excludes halogenated alkanes) is 27. The summed E-state index contributed by atoms with van der Waals surface area (Å²) in [7, 11) is 0. The van der Waals surface area contributed by atoms with Gasteiger partial charge in [-0.05, 0) is 73.0 Å². The molecule has 3 N–H and O–H groups in total. The number of carboxylic acid groups (broad SMARTS) is 3. The molecule has 0 saturated carbocycles. The van der Waals surface area contributed by atoms with Gasteiger partial charge >= 0.3 is 17.9 Å². The molecule has 1 aromatic rings. The zero-order valence-electron chi connectivity index (χ0n) is 42.4. The van der Waals surface area contributed by atoms with E-state index >= 15 is 0 Å². The molecule has 0 fully saturated rings. The molecule has 0 bridgehead atoms. The minimum Gasteiger partial charge on any atom is -0.478 e. The van der Waals surface area contributed by atoms with Crippen molar-refractivity contribution in [1.82, 2.24) is 0 Å². The van der Waals surface area contributed by atoms with Crippen LogP contribution in [0.2, 0.25) is 0 Å². The Balaban J connectivity index is 4.40. The van der Waals surface area contributed by atoms with Crippen molar-refractivity contribution in [3.05, 3.63) is 33.4 Å². The lowest BCUT2D eigenvalue weighted by Gasteiger charge is -2.33. The van der Waals surface area contributed by atoms with E-state index in [1.165, 1.54) is 51.4 Å². The number of hydrogen-bond donors (Lipinski definition) is 3. The predicted octanol–water partition coefficient (Wildman–Crippen LogP) is 19.4. The van der Waals surface area contributed by atoms with E-state index in [1.807, 2.05) is 0 Å². The van der Waals surface area contributed by atoms with Gasteiger partial charge in [0.25, 0.3) is 0 Å². The fourth-order valence-electron chi connectivity index (χ4n) is 10.5. The minimum atomic E-state index is -1.27. The summed E-state index contributed by atoms with van der Waals surface area (Å²) in [6, 6.07) is 0. The molecular weight excluding hydrogens is 781 g/mol. The molecule has 0 amide bonds. The molecule has 3 atom stereocenters. The molecule has 0 heterocycles. The van der Waals surface area contributed by atoms with Crippen LogP contribution in [-0.2, 0) is 0 Å². The summed E-state index contributed by atoms with van der Waals surface area (Å²) < 4.78 is 0. The molecule has 366 valence electrons. The largest absolute Gasteiger partial charge is 0.478 e. The van der Waals surface area contributed by atoms with Crippen molar-refractivity contribution in [1.29, 1.82) is 0 Å². The second-order valence-electron chi connectivity index (χ2n) is 19.7. The van der Waals surface area contributed by atoms with E-state index in [-0.39, 0.29) is 34.4 Å². The maximum Gasteiger partial charge on any atom is 0.336 e. The van der Waals surface area contributed by atoms with Gasteiger partial charge in [-0.3, -0.25) is 0 Å². The second kappa shape index (κ2) is 38.9. The number of benzene rings is 1. The molecule has 0 aliphatic heterocycles. The van der Waals surface area contributed by atoms with Crippen LogP contribution in [0.15, 0.2) is 0 Å². The first-order chi connectivity index (χ1) is 30.7. The van der Waals surface area contributed by atoms with Gasteiger partial charge in [-0.25, -0.2) is 14.4 Å². The van der Waals surface area contributed by atoms with Crippen LogP contribution in [0, 0.1) is 0 Å². The number of hydrogen-bond acceptors (Lipinski definition) is 3. The van der Waals surface area contributed by atoms with Crippen LogP contribution < -0.4 is 0 Å². The van der Waals surface area contributed by atoms with E-state index in [1.54, 1.807) is 0 Å². The highest BCUT2D eigenvalue weighted by atomic mass is 16.4. The van der Waals surface area contributed by atoms with Crippen molar-refractivity contribution in [2.24, 2.45) is 0 Å². The van der Waals surface area contributed by atoms with Gasteiger partial charge in [0.05, 0.1) is 16.7 Å². The van der Waals surface area contributed by atoms with E-state index in [4.69, 9.17) is 0 Å². The third-order valence-electron chi connectivity index (χ3n) is 14.2. The smallest absolute Gasteiger partial charge is 0.336 e. The summed E-state index contributed by atoms with van der Waals surface area (Å²) in [6.07, 6.45) is 40.7. The van der Waals surface area contributed by atoms with Gasteiger partial charge in [-0.2, -0.15) is 0 Å². The summed E-state index contributed by atoms with van der Waals surface area (Å²) >= 11 is 0. The van der Waals surface area contributed by atoms with Gasteiger partial charge in [0.15, 0.2) is 0 Å². The normalized spacial score (nSPS) is 13.0. The number of carboxylic acids is 3. The summed E-state index contributed by atoms with van der Waals surface area (Å²) in [5.41, 5.74) is 1.57. The Morgan fingerprint density at radius 1 is 0.270 bits per heavy atom. The third kappa shape index (κ3) is 24.1. The van der Waals surface area contributed by atoms with Crippen molar-refractivity contribution in [2.75, 3.05) is 0 Å². The maximum absolute atomic E-state index is 14.4. The van der Waals surface area contributed by atoms with Crippen LogP contribution in [-0.4, -0.2) is 33.2 Å². The van der Waals surface area contributed by atoms with Crippen molar-refractivity contribution in [3.8, 4) is 0 Å². The van der Waals surface area contributed by atoms with E-state index in [2.05, 4.69) is 41.5 Å². The lowest BCUT2D eigenvalue weighted by atomic mass is 9.69. The Morgan fingerprint density at radius 3 is 0.667 bits per heavy atom. The Hall–Kier alpha value is -2.37. The fourth-order valence-corrected chi connectivity index (χ4v) is 10.5. The van der Waals surface area contributed by atoms with Crippen LogP contribution in [0.25, 0.3) is 0 Å². The van der Waals surface area contributed by atoms with Gasteiger partial charge in [-0.15, -0.1) is 0 Å². The molecular formula is C57H102O6. The van der Waals surface area contributed by atoms with Crippen LogP contribution in [0.4, 0.5) is 0 Å². The maximum atomic E-state index is 14.4. The molecule has 6 heteroatoms. The lowest BCUT2D eigenvalue weighted by molar-refractivity contribution is 0.0644. The predicted molar refractivity (Wildman–Crippen MR) is 270 cm³/mol. The van der Waals surface area contributed by atoms with E-state index in [0.29, 0.717) is 24.0 Å². The highest BCUT2D eigenvalue weighted by Gasteiger charge is 2.39. The van der Waals surface area contributed by atoms with Crippen LogP contribution >= 0.6 is 0 Å². The van der Waals surface area contributed by atoms with E-state index < -0.39 is 17.9 Å². The standard InChI is InChI=1S/C57H102O6/c1-7-13-19-25-31-37-42-46(40-34-28-22-16-10-4)49-50(47(41-35-29-23-17-11-5)43-38-32-26-20-14-8-2)53(56(60)61)54(57(62)63)51(52(49)55(58)59)48(44-36-30-24-18-12-6)45-39-33-27-21-15-9-3/h46-48H,7-45H2,1-6H3,(H,58,59)(H,60,61)(H,62,63). The molecule has 0 aliphatic carbocycles. The van der Waals surface area contributed by atoms with Gasteiger partial charge in [0.2, 0.25) is 0 Å². The molecule has 3 unspecified atom stereocenters. The Morgan fingerprint density at radius 2 is 0.444 bits per heavy atom. The van der Waals surface area contributed by atoms with Crippen molar-refractivity contribution < 1.29 is 29.7 Å². The van der Waals surface area contributed by atoms with Crippen LogP contribution in [0.1, 0.15) is 357 Å². The molecule has 0 radical (unpaired) electrons. The highest BCUT2D eigenvalue weighted by Crippen LogP contribution is 2.48. The quantitative estimate of drug-likeness (QED) is 0.0563. The molecule has 1 aromatic carbocycles. The summed E-state index contributed by atoms with van der Waals surface area (Å²) in [6.45, 7) is 13.3. The van der Waals surface area contributed by atoms with E-state index in [0.717, 1.165) is 192 Å². The Kier molecular flexibility index (Phi) is 36.2. The molecule has 6 nitrogen and oxygen atoms in total. The summed E-state index contributed by atoms with van der Waals surface area (Å²) in [5, 5.41) is 34.6. The third-order valence-corrected chi connectivity index (χ3v) is 14.2. The van der Waals surface area contributed by atoms with Gasteiger partial charge in [-0.1, -0.05) is 253 Å². The van der Waals surface area contributed by atoms with Gasteiger partial charge in [0, 0.05) is 0 Å². The highest BCUT2D eigenvalue weighted by molar-refractivity contribution is 6.08. The summed E-state index contributed by atoms with van der Waals surface area (Å²) in [5.74, 6) is -4.15. The number of carbonyl (C=O) groups is 3.